The summed E-state index contributed by atoms with van der Waals surface area (Å²) in [7, 11) is 0. The quantitative estimate of drug-likeness (QED) is 0.895. The van der Waals surface area contributed by atoms with E-state index in [2.05, 4.69) is 15.2 Å². The van der Waals surface area contributed by atoms with Gasteiger partial charge in [0, 0.05) is 25.4 Å². The molecule has 1 aromatic heterocycles. The van der Waals surface area contributed by atoms with Gasteiger partial charge in [0.1, 0.15) is 5.82 Å². The van der Waals surface area contributed by atoms with E-state index in [4.69, 9.17) is 0 Å². The number of nitrogens with one attached hydrogen (secondary N) is 1. The van der Waals surface area contributed by atoms with E-state index in [0.717, 1.165) is 42.0 Å². The first-order chi connectivity index (χ1) is 11.6. The third-order valence-electron chi connectivity index (χ3n) is 4.59. The van der Waals surface area contributed by atoms with Crippen LogP contribution in [0.25, 0.3) is 0 Å². The van der Waals surface area contributed by atoms with Crippen molar-refractivity contribution < 1.29 is 13.6 Å². The van der Waals surface area contributed by atoms with Crippen molar-refractivity contribution in [3.05, 3.63) is 40.3 Å². The van der Waals surface area contributed by atoms with E-state index >= 15 is 0 Å². The van der Waals surface area contributed by atoms with E-state index in [1.165, 1.54) is 23.8 Å². The van der Waals surface area contributed by atoms with Crippen molar-refractivity contribution in [3.8, 4) is 0 Å². The van der Waals surface area contributed by atoms with Crippen molar-refractivity contribution >= 4 is 28.2 Å². The highest BCUT2D eigenvalue weighted by atomic mass is 32.1. The number of thiazole rings is 1. The van der Waals surface area contributed by atoms with Crippen LogP contribution >= 0.6 is 11.3 Å². The van der Waals surface area contributed by atoms with Crippen LogP contribution in [0, 0.1) is 11.6 Å². The number of halogens is 2. The summed E-state index contributed by atoms with van der Waals surface area (Å²) < 4.78 is 27.8. The van der Waals surface area contributed by atoms with Crippen molar-refractivity contribution in [2.75, 3.05) is 23.3 Å². The van der Waals surface area contributed by atoms with Crippen LogP contribution in [0.15, 0.2) is 18.2 Å². The molecular weight excluding hydrogens is 332 g/mol. The number of anilines is 2. The lowest BCUT2D eigenvalue weighted by atomic mass is 9.91. The summed E-state index contributed by atoms with van der Waals surface area (Å²) in [4.78, 5) is 19.6. The molecule has 0 spiro atoms. The molecule has 1 amide bonds. The molecule has 1 saturated heterocycles. The molecule has 24 heavy (non-hydrogen) atoms. The predicted molar refractivity (Wildman–Crippen MR) is 89.6 cm³/mol. The van der Waals surface area contributed by atoms with Crippen molar-refractivity contribution in [1.29, 1.82) is 0 Å². The minimum Gasteiger partial charge on any atom is -0.348 e. The Morgan fingerprint density at radius 2 is 2.00 bits per heavy atom. The second-order valence-corrected chi connectivity index (χ2v) is 7.21. The fourth-order valence-corrected chi connectivity index (χ4v) is 4.56. The third-order valence-corrected chi connectivity index (χ3v) is 5.82. The van der Waals surface area contributed by atoms with Crippen LogP contribution in [-0.4, -0.2) is 24.0 Å². The Hall–Kier alpha value is -2.02. The molecule has 0 bridgehead atoms. The summed E-state index contributed by atoms with van der Waals surface area (Å²) in [5.41, 5.74) is 0.222. The SMILES string of the molecule is O=C1C[C@@H](c2cccc(F)c2F)c2sc(N3CCCCC3)nc2N1. The molecule has 0 aliphatic carbocycles. The molecule has 2 aliphatic heterocycles. The summed E-state index contributed by atoms with van der Waals surface area (Å²) in [5, 5.41) is 3.62. The average molecular weight is 349 g/mol. The average Bonchev–Trinajstić information content (AvgIpc) is 3.01. The molecule has 7 heteroatoms. The van der Waals surface area contributed by atoms with Gasteiger partial charge in [-0.05, 0) is 30.9 Å². The van der Waals surface area contributed by atoms with Gasteiger partial charge in [0.05, 0.1) is 4.88 Å². The standard InChI is InChI=1S/C17H17F2N3OS/c18-12-6-4-5-10(14(12)19)11-9-13(23)20-16-15(11)24-17(21-16)22-7-2-1-3-8-22/h4-6,11H,1-3,7-9H2,(H,20,23)/t11-/m0/s1. The van der Waals surface area contributed by atoms with Gasteiger partial charge in [0.2, 0.25) is 5.91 Å². The van der Waals surface area contributed by atoms with Crippen LogP contribution in [0.4, 0.5) is 19.7 Å². The van der Waals surface area contributed by atoms with E-state index in [-0.39, 0.29) is 17.9 Å². The van der Waals surface area contributed by atoms with E-state index < -0.39 is 17.6 Å². The molecular formula is C17H17F2N3OS. The monoisotopic (exact) mass is 349 g/mol. The summed E-state index contributed by atoms with van der Waals surface area (Å²) in [5.74, 6) is -1.98. The molecule has 3 heterocycles. The highest BCUT2D eigenvalue weighted by Gasteiger charge is 2.33. The zero-order valence-electron chi connectivity index (χ0n) is 13.0. The van der Waals surface area contributed by atoms with Gasteiger partial charge in [0.25, 0.3) is 0 Å². The number of amides is 1. The maximum Gasteiger partial charge on any atom is 0.226 e. The number of carbonyl (C=O) groups excluding carboxylic acids is 1. The number of carbonyl (C=O) groups is 1. The summed E-state index contributed by atoms with van der Waals surface area (Å²) in [6, 6.07) is 4.12. The second kappa shape index (κ2) is 6.12. The van der Waals surface area contributed by atoms with Crippen LogP contribution in [-0.2, 0) is 4.79 Å². The van der Waals surface area contributed by atoms with Gasteiger partial charge >= 0.3 is 0 Å². The van der Waals surface area contributed by atoms with Crippen molar-refractivity contribution in [2.24, 2.45) is 0 Å². The Morgan fingerprint density at radius 1 is 1.21 bits per heavy atom. The van der Waals surface area contributed by atoms with E-state index in [9.17, 15) is 13.6 Å². The molecule has 2 aliphatic rings. The number of benzene rings is 1. The Kier molecular flexibility index (Phi) is 3.96. The van der Waals surface area contributed by atoms with Crippen molar-refractivity contribution in [1.82, 2.24) is 4.98 Å². The third kappa shape index (κ3) is 2.66. The molecule has 1 N–H and O–H groups in total. The maximum absolute atomic E-state index is 14.2. The van der Waals surface area contributed by atoms with Gasteiger partial charge in [-0.1, -0.05) is 23.5 Å². The molecule has 0 radical (unpaired) electrons. The Labute approximate surface area is 142 Å². The maximum atomic E-state index is 14.2. The Balaban J connectivity index is 1.74. The van der Waals surface area contributed by atoms with E-state index in [0.29, 0.717) is 5.82 Å². The van der Waals surface area contributed by atoms with Gasteiger partial charge in [-0.15, -0.1) is 0 Å². The molecule has 1 aromatic carbocycles. The van der Waals surface area contributed by atoms with Crippen LogP contribution in [0.5, 0.6) is 0 Å². The number of aromatic nitrogens is 1. The van der Waals surface area contributed by atoms with Gasteiger partial charge in [-0.3, -0.25) is 4.79 Å². The molecule has 1 atom stereocenters. The number of hydrogen-bond donors (Lipinski definition) is 1. The Bertz CT molecular complexity index is 786. The lowest BCUT2D eigenvalue weighted by molar-refractivity contribution is -0.116. The first kappa shape index (κ1) is 15.5. The van der Waals surface area contributed by atoms with Gasteiger partial charge in [-0.25, -0.2) is 13.8 Å². The second-order valence-electron chi connectivity index (χ2n) is 6.20. The smallest absolute Gasteiger partial charge is 0.226 e. The lowest BCUT2D eigenvalue weighted by Gasteiger charge is -2.25. The van der Waals surface area contributed by atoms with Crippen LogP contribution in [0.2, 0.25) is 0 Å². The first-order valence-corrected chi connectivity index (χ1v) is 8.94. The predicted octanol–water partition coefficient (Wildman–Crippen LogP) is 3.89. The van der Waals surface area contributed by atoms with E-state index in [1.54, 1.807) is 6.07 Å². The Morgan fingerprint density at radius 3 is 2.79 bits per heavy atom. The van der Waals surface area contributed by atoms with Gasteiger partial charge in [-0.2, -0.15) is 0 Å². The lowest BCUT2D eigenvalue weighted by Crippen LogP contribution is -2.29. The van der Waals surface area contributed by atoms with Crippen LogP contribution < -0.4 is 10.2 Å². The first-order valence-electron chi connectivity index (χ1n) is 8.13. The summed E-state index contributed by atoms with van der Waals surface area (Å²) in [6.07, 6.45) is 3.57. The van der Waals surface area contributed by atoms with Crippen molar-refractivity contribution in [2.45, 2.75) is 31.6 Å². The summed E-state index contributed by atoms with van der Waals surface area (Å²) >= 11 is 1.47. The fourth-order valence-electron chi connectivity index (χ4n) is 3.37. The number of rotatable bonds is 2. The van der Waals surface area contributed by atoms with Crippen LogP contribution in [0.1, 0.15) is 42.0 Å². The van der Waals surface area contributed by atoms with Crippen LogP contribution in [0.3, 0.4) is 0 Å². The molecule has 1 fully saturated rings. The van der Waals surface area contributed by atoms with Crippen molar-refractivity contribution in [3.63, 3.8) is 0 Å². The normalized spacial score (nSPS) is 20.7. The number of piperidine rings is 1. The molecule has 126 valence electrons. The van der Waals surface area contributed by atoms with E-state index in [1.807, 2.05) is 0 Å². The topological polar surface area (TPSA) is 45.2 Å². The highest BCUT2D eigenvalue weighted by molar-refractivity contribution is 7.16. The minimum absolute atomic E-state index is 0.106. The zero-order valence-corrected chi connectivity index (χ0v) is 13.8. The number of fused-ring (bicyclic) bond motifs is 1. The fraction of sp³-hybridized carbons (Fsp3) is 0.412. The highest BCUT2D eigenvalue weighted by Crippen LogP contribution is 2.44. The number of nitrogens with zero attached hydrogens (tertiary/aromatic N) is 2. The molecule has 0 unspecified atom stereocenters. The summed E-state index contributed by atoms with van der Waals surface area (Å²) in [6.45, 7) is 1.89. The van der Waals surface area contributed by atoms with Gasteiger partial charge in [0.15, 0.2) is 16.8 Å². The van der Waals surface area contributed by atoms with Gasteiger partial charge < -0.3 is 10.2 Å². The minimum atomic E-state index is -0.888. The molecule has 0 saturated carbocycles. The molecule has 4 nitrogen and oxygen atoms in total. The number of hydrogen-bond acceptors (Lipinski definition) is 4. The zero-order chi connectivity index (χ0) is 16.7. The molecule has 2 aromatic rings. The largest absolute Gasteiger partial charge is 0.348 e. The molecule has 4 rings (SSSR count).